The molecule has 0 amide bonds. The predicted octanol–water partition coefficient (Wildman–Crippen LogP) is -0.398. The first-order valence-electron chi connectivity index (χ1n) is 6.25. The number of rotatable bonds is 8. The molecule has 110 valence electrons. The zero-order valence-electron chi connectivity index (χ0n) is 10.8. The Morgan fingerprint density at radius 2 is 2.11 bits per heavy atom. The van der Waals surface area contributed by atoms with Gasteiger partial charge in [0.25, 0.3) is 0 Å². The largest absolute Gasteiger partial charge is 0.499 e. The summed E-state index contributed by atoms with van der Waals surface area (Å²) in [6.45, 7) is 1.22. The van der Waals surface area contributed by atoms with E-state index < -0.39 is 36.6 Å². The van der Waals surface area contributed by atoms with Crippen molar-refractivity contribution in [1.29, 1.82) is 0 Å². The minimum absolute atomic E-state index is 0.120. The van der Waals surface area contributed by atoms with Gasteiger partial charge in [-0.3, -0.25) is 0 Å². The van der Waals surface area contributed by atoms with E-state index in [0.717, 1.165) is 12.8 Å². The number of unbranched alkanes of at least 4 members (excludes halogenated alkanes) is 1. The van der Waals surface area contributed by atoms with Crippen LogP contribution in [0.4, 0.5) is 0 Å². The highest BCUT2D eigenvalue weighted by molar-refractivity contribution is 5.89. The SMILES string of the molecule is CCCCC(O)COC1=C(O)C(=O)O[C@@H]1[C@@H](O)CO. The standard InChI is InChI=1S/C12H20O7/c1-2-3-4-7(14)6-18-11-9(16)12(17)19-10(11)8(15)5-13/h7-8,10,13-16H,2-6H2,1H3/t7?,8-,10+/m0/s1. The number of carbonyl (C=O) groups is 1. The number of aliphatic hydroxyl groups excluding tert-OH is 4. The van der Waals surface area contributed by atoms with Crippen molar-refractivity contribution in [1.82, 2.24) is 0 Å². The summed E-state index contributed by atoms with van der Waals surface area (Å²) in [6.07, 6.45) is -1.06. The third-order valence-electron chi connectivity index (χ3n) is 2.78. The van der Waals surface area contributed by atoms with E-state index in [2.05, 4.69) is 4.74 Å². The van der Waals surface area contributed by atoms with Crippen LogP contribution in [0, 0.1) is 0 Å². The summed E-state index contributed by atoms with van der Waals surface area (Å²) >= 11 is 0. The van der Waals surface area contributed by atoms with E-state index in [0.29, 0.717) is 6.42 Å². The molecule has 7 heteroatoms. The van der Waals surface area contributed by atoms with Gasteiger partial charge in [-0.2, -0.15) is 0 Å². The summed E-state index contributed by atoms with van der Waals surface area (Å²) in [7, 11) is 0. The maximum Gasteiger partial charge on any atom is 0.378 e. The van der Waals surface area contributed by atoms with Crippen molar-refractivity contribution in [3.63, 3.8) is 0 Å². The molecule has 0 saturated carbocycles. The van der Waals surface area contributed by atoms with Crippen LogP contribution in [0.3, 0.4) is 0 Å². The van der Waals surface area contributed by atoms with Crippen LogP contribution in [0.5, 0.6) is 0 Å². The maximum atomic E-state index is 11.2. The Balaban J connectivity index is 2.59. The summed E-state index contributed by atoms with van der Waals surface area (Å²) in [5.74, 6) is -2.00. The first-order valence-corrected chi connectivity index (χ1v) is 6.25. The quantitative estimate of drug-likeness (QED) is 0.446. The van der Waals surface area contributed by atoms with Crippen LogP contribution < -0.4 is 0 Å². The Hall–Kier alpha value is -1.31. The molecule has 4 N–H and O–H groups in total. The van der Waals surface area contributed by atoms with E-state index >= 15 is 0 Å². The Morgan fingerprint density at radius 1 is 1.42 bits per heavy atom. The lowest BCUT2D eigenvalue weighted by Crippen LogP contribution is -2.33. The molecule has 1 unspecified atom stereocenters. The Kier molecular flexibility index (Phi) is 6.07. The second-order valence-electron chi connectivity index (χ2n) is 4.40. The fraction of sp³-hybridized carbons (Fsp3) is 0.750. The number of cyclic esters (lactones) is 1. The van der Waals surface area contributed by atoms with Gasteiger partial charge in [-0.25, -0.2) is 4.79 Å². The van der Waals surface area contributed by atoms with Gasteiger partial charge >= 0.3 is 5.97 Å². The zero-order chi connectivity index (χ0) is 14.4. The lowest BCUT2D eigenvalue weighted by molar-refractivity contribution is -0.148. The molecule has 0 aliphatic carbocycles. The molecule has 1 rings (SSSR count). The van der Waals surface area contributed by atoms with Gasteiger partial charge in [-0.1, -0.05) is 19.8 Å². The molecule has 0 aromatic heterocycles. The molecule has 0 fully saturated rings. The Morgan fingerprint density at radius 3 is 2.68 bits per heavy atom. The van der Waals surface area contributed by atoms with E-state index in [1.807, 2.05) is 6.92 Å². The van der Waals surface area contributed by atoms with E-state index in [1.54, 1.807) is 0 Å². The lowest BCUT2D eigenvalue weighted by atomic mass is 10.1. The van der Waals surface area contributed by atoms with Gasteiger partial charge in [0.15, 0.2) is 11.9 Å². The number of ether oxygens (including phenoxy) is 2. The summed E-state index contributed by atoms with van der Waals surface area (Å²) in [4.78, 5) is 11.2. The van der Waals surface area contributed by atoms with Crippen LogP contribution in [0.25, 0.3) is 0 Å². The van der Waals surface area contributed by atoms with Gasteiger partial charge in [0.2, 0.25) is 5.76 Å². The van der Waals surface area contributed by atoms with Crippen molar-refractivity contribution in [2.24, 2.45) is 0 Å². The monoisotopic (exact) mass is 276 g/mol. The Labute approximate surface area is 111 Å². The summed E-state index contributed by atoms with van der Waals surface area (Å²) in [5, 5.41) is 37.4. The van der Waals surface area contributed by atoms with Gasteiger partial charge in [0, 0.05) is 0 Å². The number of carbonyl (C=O) groups excluding carboxylic acids is 1. The van der Waals surface area contributed by atoms with Crippen molar-refractivity contribution in [3.05, 3.63) is 11.5 Å². The molecule has 1 aliphatic heterocycles. The minimum atomic E-state index is -1.38. The van der Waals surface area contributed by atoms with Crippen LogP contribution in [-0.4, -0.2) is 57.9 Å². The van der Waals surface area contributed by atoms with Gasteiger partial charge in [-0.05, 0) is 6.42 Å². The van der Waals surface area contributed by atoms with Crippen molar-refractivity contribution in [2.45, 2.75) is 44.5 Å². The van der Waals surface area contributed by atoms with E-state index in [-0.39, 0.29) is 12.4 Å². The normalized spacial score (nSPS) is 22.3. The molecule has 7 nitrogen and oxygen atoms in total. The third-order valence-corrected chi connectivity index (χ3v) is 2.78. The number of hydrogen-bond donors (Lipinski definition) is 4. The highest BCUT2D eigenvalue weighted by Crippen LogP contribution is 2.25. The van der Waals surface area contributed by atoms with Crippen LogP contribution in [0.15, 0.2) is 11.5 Å². The fourth-order valence-corrected chi connectivity index (χ4v) is 1.67. The molecular weight excluding hydrogens is 256 g/mol. The number of esters is 1. The highest BCUT2D eigenvalue weighted by Gasteiger charge is 2.40. The minimum Gasteiger partial charge on any atom is -0.499 e. The summed E-state index contributed by atoms with van der Waals surface area (Å²) in [5.41, 5.74) is 0. The Bertz CT molecular complexity index is 339. The second kappa shape index (κ2) is 7.32. The maximum absolute atomic E-state index is 11.2. The average molecular weight is 276 g/mol. The molecule has 0 radical (unpaired) electrons. The fourth-order valence-electron chi connectivity index (χ4n) is 1.67. The van der Waals surface area contributed by atoms with Crippen molar-refractivity contribution < 1.29 is 34.7 Å². The van der Waals surface area contributed by atoms with E-state index in [9.17, 15) is 20.1 Å². The highest BCUT2D eigenvalue weighted by atomic mass is 16.6. The first kappa shape index (κ1) is 15.7. The third kappa shape index (κ3) is 4.09. The first-order chi connectivity index (χ1) is 9.01. The van der Waals surface area contributed by atoms with Gasteiger partial charge in [-0.15, -0.1) is 0 Å². The van der Waals surface area contributed by atoms with Crippen LogP contribution in [0.2, 0.25) is 0 Å². The van der Waals surface area contributed by atoms with E-state index in [4.69, 9.17) is 9.84 Å². The molecule has 1 aliphatic rings. The van der Waals surface area contributed by atoms with Gasteiger partial charge in [0.05, 0.1) is 12.7 Å². The van der Waals surface area contributed by atoms with Gasteiger partial charge < -0.3 is 29.9 Å². The average Bonchev–Trinajstić information content (AvgIpc) is 2.69. The van der Waals surface area contributed by atoms with Crippen molar-refractivity contribution in [2.75, 3.05) is 13.2 Å². The molecule has 3 atom stereocenters. The molecule has 1 heterocycles. The predicted molar refractivity (Wildman–Crippen MR) is 64.1 cm³/mol. The van der Waals surface area contributed by atoms with Crippen molar-refractivity contribution >= 4 is 5.97 Å². The lowest BCUT2D eigenvalue weighted by Gasteiger charge is -2.19. The summed E-state index contributed by atoms with van der Waals surface area (Å²) < 4.78 is 9.82. The molecule has 0 spiro atoms. The van der Waals surface area contributed by atoms with Crippen LogP contribution in [0.1, 0.15) is 26.2 Å². The number of hydrogen-bond acceptors (Lipinski definition) is 7. The molecule has 0 saturated heterocycles. The second-order valence-corrected chi connectivity index (χ2v) is 4.40. The van der Waals surface area contributed by atoms with Crippen LogP contribution in [-0.2, 0) is 14.3 Å². The van der Waals surface area contributed by atoms with Crippen molar-refractivity contribution in [3.8, 4) is 0 Å². The molecule has 0 aromatic rings. The van der Waals surface area contributed by atoms with E-state index in [1.165, 1.54) is 0 Å². The topological polar surface area (TPSA) is 116 Å². The number of aliphatic hydroxyl groups is 4. The molecular formula is C12H20O7. The molecule has 19 heavy (non-hydrogen) atoms. The van der Waals surface area contributed by atoms with Gasteiger partial charge in [0.1, 0.15) is 12.7 Å². The smallest absolute Gasteiger partial charge is 0.378 e. The molecule has 0 aromatic carbocycles. The summed E-state index contributed by atoms with van der Waals surface area (Å²) in [6, 6.07) is 0. The molecule has 0 bridgehead atoms. The van der Waals surface area contributed by atoms with Crippen LogP contribution >= 0.6 is 0 Å². The zero-order valence-corrected chi connectivity index (χ0v) is 10.8.